The van der Waals surface area contributed by atoms with Gasteiger partial charge in [0.15, 0.2) is 18.1 Å². The number of methoxy groups -OCH3 is 1. The van der Waals surface area contributed by atoms with Crippen LogP contribution < -0.4 is 14.8 Å². The van der Waals surface area contributed by atoms with Crippen molar-refractivity contribution in [3.05, 3.63) is 59.3 Å². The van der Waals surface area contributed by atoms with Crippen LogP contribution in [-0.4, -0.2) is 30.6 Å². The first-order valence-corrected chi connectivity index (χ1v) is 7.23. The maximum atomic E-state index is 12.3. The van der Waals surface area contributed by atoms with Crippen molar-refractivity contribution < 1.29 is 24.2 Å². The summed E-state index contributed by atoms with van der Waals surface area (Å²) < 4.78 is 10.4. The van der Waals surface area contributed by atoms with Crippen molar-refractivity contribution in [3.8, 4) is 11.5 Å². The second kappa shape index (κ2) is 6.45. The van der Waals surface area contributed by atoms with Gasteiger partial charge in [-0.2, -0.15) is 0 Å². The Morgan fingerprint density at radius 2 is 2.00 bits per heavy atom. The number of nitrogens with one attached hydrogen (secondary N) is 1. The van der Waals surface area contributed by atoms with Gasteiger partial charge in [-0.15, -0.1) is 0 Å². The predicted octanol–water partition coefficient (Wildman–Crippen LogP) is 2.81. The maximum absolute atomic E-state index is 12.3. The molecule has 0 aliphatic carbocycles. The van der Waals surface area contributed by atoms with Crippen molar-refractivity contribution >= 4 is 23.5 Å². The van der Waals surface area contributed by atoms with E-state index in [9.17, 15) is 9.59 Å². The number of hydrogen-bond acceptors (Lipinski definition) is 5. The van der Waals surface area contributed by atoms with Gasteiger partial charge in [-0.1, -0.05) is 18.2 Å². The molecular weight excluding hydrogens is 310 g/mol. The number of carbonyl (C=O) groups is 2. The summed E-state index contributed by atoms with van der Waals surface area (Å²) in [6, 6.07) is 12.3. The first-order valence-electron chi connectivity index (χ1n) is 7.23. The Hall–Kier alpha value is -3.28. The molecule has 0 atom stereocenters. The molecule has 6 nitrogen and oxygen atoms in total. The van der Waals surface area contributed by atoms with Crippen molar-refractivity contribution in [1.29, 1.82) is 0 Å². The number of carboxylic acids is 1. The largest absolute Gasteiger partial charge is 0.493 e. The molecule has 0 saturated carbocycles. The van der Waals surface area contributed by atoms with E-state index in [1.165, 1.54) is 7.11 Å². The van der Waals surface area contributed by atoms with Gasteiger partial charge in [0.2, 0.25) is 5.78 Å². The molecule has 0 amide bonds. The number of allylic oxidation sites excluding steroid dienone is 1. The third kappa shape index (κ3) is 3.08. The van der Waals surface area contributed by atoms with Crippen LogP contribution in [0.5, 0.6) is 11.5 Å². The topological polar surface area (TPSA) is 84.9 Å². The van der Waals surface area contributed by atoms with Crippen LogP contribution in [0.2, 0.25) is 0 Å². The summed E-state index contributed by atoms with van der Waals surface area (Å²) in [4.78, 5) is 22.9. The van der Waals surface area contributed by atoms with Gasteiger partial charge >= 0.3 is 5.97 Å². The van der Waals surface area contributed by atoms with E-state index >= 15 is 0 Å². The van der Waals surface area contributed by atoms with Gasteiger partial charge in [0.25, 0.3) is 0 Å². The Kier molecular flexibility index (Phi) is 4.20. The third-order valence-electron chi connectivity index (χ3n) is 3.54. The van der Waals surface area contributed by atoms with Gasteiger partial charge in [0.1, 0.15) is 0 Å². The van der Waals surface area contributed by atoms with Gasteiger partial charge in [-0.05, 0) is 35.9 Å². The molecule has 24 heavy (non-hydrogen) atoms. The number of Topliss-reactive ketones (excluding diaryl/α,β-unsaturated/α-hetero) is 1. The third-order valence-corrected chi connectivity index (χ3v) is 3.54. The zero-order valence-corrected chi connectivity index (χ0v) is 12.9. The average Bonchev–Trinajstić information content (AvgIpc) is 2.89. The van der Waals surface area contributed by atoms with Crippen LogP contribution >= 0.6 is 0 Å². The lowest BCUT2D eigenvalue weighted by atomic mass is 10.1. The highest BCUT2D eigenvalue weighted by atomic mass is 16.5. The molecule has 0 aromatic heterocycles. The highest BCUT2D eigenvalue weighted by Gasteiger charge is 2.23. The summed E-state index contributed by atoms with van der Waals surface area (Å²) in [7, 11) is 1.47. The Morgan fingerprint density at radius 1 is 1.21 bits per heavy atom. The SMILES string of the molecule is COc1cc(/C=C2\Nc3ccccc3C2=O)ccc1OCC(=O)O. The molecule has 0 fully saturated rings. The van der Waals surface area contributed by atoms with Gasteiger partial charge in [0.05, 0.1) is 12.8 Å². The van der Waals surface area contributed by atoms with Crippen LogP contribution in [0.25, 0.3) is 6.08 Å². The molecule has 0 unspecified atom stereocenters. The van der Waals surface area contributed by atoms with E-state index in [0.717, 1.165) is 11.3 Å². The quantitative estimate of drug-likeness (QED) is 0.822. The molecule has 3 rings (SSSR count). The highest BCUT2D eigenvalue weighted by Crippen LogP contribution is 2.31. The zero-order valence-electron chi connectivity index (χ0n) is 12.9. The number of ketones is 1. The molecule has 0 saturated heterocycles. The zero-order chi connectivity index (χ0) is 17.1. The Balaban J connectivity index is 1.86. The Labute approximate surface area is 138 Å². The number of ether oxygens (including phenoxy) is 2. The molecule has 0 spiro atoms. The van der Waals surface area contributed by atoms with Crippen molar-refractivity contribution in [1.82, 2.24) is 0 Å². The molecule has 1 aliphatic rings. The van der Waals surface area contributed by atoms with E-state index in [2.05, 4.69) is 5.32 Å². The standard InChI is InChI=1S/C18H15NO5/c1-23-16-9-11(6-7-15(16)24-10-17(20)21)8-14-18(22)12-4-2-3-5-13(12)19-14/h2-9,19H,10H2,1H3,(H,20,21)/b14-8-. The normalized spacial score (nSPS) is 14.2. The van der Waals surface area contributed by atoms with Gasteiger partial charge in [0, 0.05) is 11.3 Å². The van der Waals surface area contributed by atoms with Crippen LogP contribution in [0.4, 0.5) is 5.69 Å². The summed E-state index contributed by atoms with van der Waals surface area (Å²) in [5.41, 5.74) is 2.62. The predicted molar refractivity (Wildman–Crippen MR) is 88.5 cm³/mol. The fourth-order valence-corrected chi connectivity index (χ4v) is 2.44. The van der Waals surface area contributed by atoms with Gasteiger partial charge in [-0.3, -0.25) is 4.79 Å². The lowest BCUT2D eigenvalue weighted by molar-refractivity contribution is -0.139. The minimum atomic E-state index is -1.07. The van der Waals surface area contributed by atoms with Crippen LogP contribution in [0.3, 0.4) is 0 Å². The summed E-state index contributed by atoms with van der Waals surface area (Å²) in [6.45, 7) is -0.452. The number of rotatable bonds is 5. The van der Waals surface area contributed by atoms with Crippen molar-refractivity contribution in [2.45, 2.75) is 0 Å². The molecule has 122 valence electrons. The van der Waals surface area contributed by atoms with Crippen LogP contribution in [0.15, 0.2) is 48.2 Å². The Bertz CT molecular complexity index is 841. The molecule has 2 aromatic rings. The number of anilines is 1. The minimum absolute atomic E-state index is 0.0734. The first-order chi connectivity index (χ1) is 11.6. The minimum Gasteiger partial charge on any atom is -0.493 e. The van der Waals surface area contributed by atoms with E-state index in [-0.39, 0.29) is 5.78 Å². The lowest BCUT2D eigenvalue weighted by Crippen LogP contribution is -2.10. The molecule has 2 N–H and O–H groups in total. The van der Waals surface area contributed by atoms with Crippen molar-refractivity contribution in [2.24, 2.45) is 0 Å². The maximum Gasteiger partial charge on any atom is 0.341 e. The number of carbonyl (C=O) groups excluding carboxylic acids is 1. The fraction of sp³-hybridized carbons (Fsp3) is 0.111. The van der Waals surface area contributed by atoms with E-state index < -0.39 is 12.6 Å². The van der Waals surface area contributed by atoms with Crippen LogP contribution in [0, 0.1) is 0 Å². The second-order valence-corrected chi connectivity index (χ2v) is 5.15. The average molecular weight is 325 g/mol. The van der Waals surface area contributed by atoms with E-state index in [1.807, 2.05) is 18.2 Å². The van der Waals surface area contributed by atoms with Gasteiger partial charge < -0.3 is 19.9 Å². The fourth-order valence-electron chi connectivity index (χ4n) is 2.44. The number of hydrogen-bond donors (Lipinski definition) is 2. The van der Waals surface area contributed by atoms with Crippen LogP contribution in [-0.2, 0) is 4.79 Å². The van der Waals surface area contributed by atoms with Crippen LogP contribution in [0.1, 0.15) is 15.9 Å². The second-order valence-electron chi connectivity index (χ2n) is 5.15. The number of carboxylic acid groups (broad SMARTS) is 1. The number of para-hydroxylation sites is 1. The lowest BCUT2D eigenvalue weighted by Gasteiger charge is -2.10. The van der Waals surface area contributed by atoms with Crippen molar-refractivity contribution in [3.63, 3.8) is 0 Å². The molecule has 2 aromatic carbocycles. The van der Waals surface area contributed by atoms with Gasteiger partial charge in [-0.25, -0.2) is 4.79 Å². The molecular formula is C18H15NO5. The summed E-state index contributed by atoms with van der Waals surface area (Å²) in [6.07, 6.45) is 1.71. The molecule has 6 heteroatoms. The summed E-state index contributed by atoms with van der Waals surface area (Å²) in [5.74, 6) is -0.415. The molecule has 1 heterocycles. The summed E-state index contributed by atoms with van der Waals surface area (Å²) >= 11 is 0. The Morgan fingerprint density at radius 3 is 2.71 bits per heavy atom. The first kappa shape index (κ1) is 15.6. The molecule has 0 bridgehead atoms. The van der Waals surface area contributed by atoms with E-state index in [4.69, 9.17) is 14.6 Å². The number of fused-ring (bicyclic) bond motifs is 1. The van der Waals surface area contributed by atoms with Crippen molar-refractivity contribution in [2.75, 3.05) is 19.0 Å². The summed E-state index contributed by atoms with van der Waals surface area (Å²) in [5, 5.41) is 11.8. The smallest absolute Gasteiger partial charge is 0.341 e. The van der Waals surface area contributed by atoms with E-state index in [0.29, 0.717) is 22.8 Å². The number of benzene rings is 2. The molecule has 1 aliphatic heterocycles. The highest BCUT2D eigenvalue weighted by molar-refractivity contribution is 6.20. The monoisotopic (exact) mass is 325 g/mol. The van der Waals surface area contributed by atoms with E-state index in [1.54, 1.807) is 30.3 Å². The molecule has 0 radical (unpaired) electrons. The number of aliphatic carboxylic acids is 1.